The van der Waals surface area contributed by atoms with E-state index in [1.165, 1.54) is 0 Å². The summed E-state index contributed by atoms with van der Waals surface area (Å²) in [7, 11) is 0. The minimum Gasteiger partial charge on any atom is -0.475 e. The lowest BCUT2D eigenvalue weighted by atomic mass is 10.2. The maximum absolute atomic E-state index is 10.6. The maximum atomic E-state index is 10.6. The molecule has 0 aliphatic heterocycles. The molecule has 0 spiro atoms. The highest BCUT2D eigenvalue weighted by molar-refractivity contribution is 5.92. The molecule has 0 atom stereocenters. The number of hydrogen-bond donors (Lipinski definition) is 2. The van der Waals surface area contributed by atoms with Gasteiger partial charge in [0.1, 0.15) is 0 Å². The number of hydrogen-bond acceptors (Lipinski definition) is 2. The molecule has 0 aliphatic carbocycles. The van der Waals surface area contributed by atoms with Crippen LogP contribution in [0.3, 0.4) is 0 Å². The number of amides is 1. The summed E-state index contributed by atoms with van der Waals surface area (Å²) in [5.74, 6) is -3.14. The van der Waals surface area contributed by atoms with Crippen LogP contribution in [0.1, 0.15) is 10.4 Å². The molecule has 1 amide bonds. The number of benzene rings is 1. The fourth-order valence-electron chi connectivity index (χ4n) is 0.602. The second-order valence-electron chi connectivity index (χ2n) is 2.53. The van der Waals surface area contributed by atoms with Crippen LogP contribution in [0.25, 0.3) is 0 Å². The van der Waals surface area contributed by atoms with Crippen molar-refractivity contribution in [2.75, 3.05) is 0 Å². The Bertz CT molecular complexity index is 362. The molecule has 0 aliphatic rings. The molecule has 0 aromatic heterocycles. The van der Waals surface area contributed by atoms with E-state index in [1.807, 2.05) is 6.07 Å². The first-order chi connectivity index (χ1) is 7.25. The van der Waals surface area contributed by atoms with Gasteiger partial charge in [-0.05, 0) is 12.1 Å². The van der Waals surface area contributed by atoms with Crippen LogP contribution in [0.15, 0.2) is 30.3 Å². The van der Waals surface area contributed by atoms with E-state index in [1.54, 1.807) is 24.3 Å². The molecular weight excluding hydrogens is 227 g/mol. The number of carbonyl (C=O) groups is 2. The van der Waals surface area contributed by atoms with E-state index in [0.717, 1.165) is 0 Å². The van der Waals surface area contributed by atoms with Gasteiger partial charge in [-0.2, -0.15) is 13.2 Å². The van der Waals surface area contributed by atoms with Crippen molar-refractivity contribution < 1.29 is 27.9 Å². The Morgan fingerprint density at radius 2 is 1.50 bits per heavy atom. The van der Waals surface area contributed by atoms with Gasteiger partial charge in [0, 0.05) is 5.56 Å². The summed E-state index contributed by atoms with van der Waals surface area (Å²) >= 11 is 0. The number of halogens is 3. The summed E-state index contributed by atoms with van der Waals surface area (Å²) in [5.41, 5.74) is 5.53. The average molecular weight is 235 g/mol. The first kappa shape index (κ1) is 13.9. The van der Waals surface area contributed by atoms with Crippen molar-refractivity contribution in [2.24, 2.45) is 5.73 Å². The Balaban J connectivity index is 0.000000293. The molecule has 7 heteroatoms. The van der Waals surface area contributed by atoms with Crippen molar-refractivity contribution in [3.05, 3.63) is 35.9 Å². The Morgan fingerprint density at radius 3 is 1.69 bits per heavy atom. The minimum atomic E-state index is -5.08. The molecule has 0 fully saturated rings. The number of carboxylic acid groups (broad SMARTS) is 1. The van der Waals surface area contributed by atoms with Crippen LogP contribution in [-0.2, 0) is 4.79 Å². The third-order valence-electron chi connectivity index (χ3n) is 1.30. The van der Waals surface area contributed by atoms with Crippen molar-refractivity contribution in [2.45, 2.75) is 6.18 Å². The van der Waals surface area contributed by atoms with Gasteiger partial charge in [0.25, 0.3) is 0 Å². The second kappa shape index (κ2) is 5.74. The summed E-state index contributed by atoms with van der Waals surface area (Å²) in [4.78, 5) is 19.3. The zero-order valence-corrected chi connectivity index (χ0v) is 7.86. The Kier molecular flexibility index (Phi) is 5.00. The van der Waals surface area contributed by atoms with E-state index in [-0.39, 0.29) is 5.91 Å². The third-order valence-corrected chi connectivity index (χ3v) is 1.30. The lowest BCUT2D eigenvalue weighted by Gasteiger charge is -1.93. The molecule has 4 nitrogen and oxygen atoms in total. The molecule has 0 bridgehead atoms. The molecule has 1 aromatic carbocycles. The van der Waals surface area contributed by atoms with E-state index in [2.05, 4.69) is 0 Å². The quantitative estimate of drug-likeness (QED) is 0.772. The Hall–Kier alpha value is -2.05. The van der Waals surface area contributed by atoms with Crippen LogP contribution >= 0.6 is 0 Å². The molecule has 88 valence electrons. The fourth-order valence-corrected chi connectivity index (χ4v) is 0.602. The van der Waals surface area contributed by atoms with Crippen molar-refractivity contribution in [1.82, 2.24) is 0 Å². The van der Waals surface area contributed by atoms with Gasteiger partial charge in [-0.15, -0.1) is 0 Å². The first-order valence-electron chi connectivity index (χ1n) is 3.90. The van der Waals surface area contributed by atoms with E-state index >= 15 is 0 Å². The summed E-state index contributed by atoms with van der Waals surface area (Å²) in [6, 6.07) is 8.76. The van der Waals surface area contributed by atoms with Gasteiger partial charge < -0.3 is 10.8 Å². The molecule has 1 aromatic rings. The standard InChI is InChI=1S/C7H7NO.C2HF3O2/c8-7(9)6-4-2-1-3-5-6;3-2(4,5)1(6)7/h1-5H,(H2,8,9);(H,6,7). The highest BCUT2D eigenvalue weighted by Gasteiger charge is 2.38. The SMILES string of the molecule is NC(=O)c1ccccc1.O=C(O)C(F)(F)F. The minimum absolute atomic E-state index is 0.379. The zero-order valence-electron chi connectivity index (χ0n) is 7.86. The second-order valence-corrected chi connectivity index (χ2v) is 2.53. The predicted octanol–water partition coefficient (Wildman–Crippen LogP) is 1.42. The Morgan fingerprint density at radius 1 is 1.12 bits per heavy atom. The van der Waals surface area contributed by atoms with E-state index in [0.29, 0.717) is 5.56 Å². The van der Waals surface area contributed by atoms with Gasteiger partial charge >= 0.3 is 12.1 Å². The number of carbonyl (C=O) groups excluding carboxylic acids is 1. The molecule has 0 saturated carbocycles. The van der Waals surface area contributed by atoms with Gasteiger partial charge in [-0.25, -0.2) is 4.79 Å². The molecule has 3 N–H and O–H groups in total. The van der Waals surface area contributed by atoms with Crippen LogP contribution in [0.2, 0.25) is 0 Å². The summed E-state index contributed by atoms with van der Waals surface area (Å²) in [5, 5.41) is 7.12. The first-order valence-corrected chi connectivity index (χ1v) is 3.90. The topological polar surface area (TPSA) is 80.4 Å². The lowest BCUT2D eigenvalue weighted by Crippen LogP contribution is -2.21. The summed E-state index contributed by atoms with van der Waals surface area (Å²) < 4.78 is 31.7. The average Bonchev–Trinajstić information content (AvgIpc) is 2.18. The van der Waals surface area contributed by atoms with Gasteiger partial charge in [0.15, 0.2) is 0 Å². The number of primary amides is 1. The molecule has 16 heavy (non-hydrogen) atoms. The smallest absolute Gasteiger partial charge is 0.475 e. The molecule has 0 saturated heterocycles. The normalized spacial score (nSPS) is 9.94. The molecule has 0 heterocycles. The van der Waals surface area contributed by atoms with Crippen LogP contribution in [-0.4, -0.2) is 23.2 Å². The molecular formula is C9H8F3NO3. The highest BCUT2D eigenvalue weighted by atomic mass is 19.4. The van der Waals surface area contributed by atoms with Crippen molar-refractivity contribution in [1.29, 1.82) is 0 Å². The monoisotopic (exact) mass is 235 g/mol. The van der Waals surface area contributed by atoms with Crippen LogP contribution in [0.4, 0.5) is 13.2 Å². The van der Waals surface area contributed by atoms with Crippen molar-refractivity contribution in [3.63, 3.8) is 0 Å². The third kappa shape index (κ3) is 5.63. The van der Waals surface area contributed by atoms with Gasteiger partial charge in [0.2, 0.25) is 5.91 Å². The molecule has 0 radical (unpaired) electrons. The van der Waals surface area contributed by atoms with Gasteiger partial charge in [0.05, 0.1) is 0 Å². The number of nitrogens with two attached hydrogens (primary N) is 1. The number of carboxylic acids is 1. The predicted molar refractivity (Wildman–Crippen MR) is 48.7 cm³/mol. The highest BCUT2D eigenvalue weighted by Crippen LogP contribution is 2.13. The largest absolute Gasteiger partial charge is 0.490 e. The molecule has 0 unspecified atom stereocenters. The number of alkyl halides is 3. The summed E-state index contributed by atoms with van der Waals surface area (Å²) in [6.45, 7) is 0. The van der Waals surface area contributed by atoms with Gasteiger partial charge in [-0.3, -0.25) is 4.79 Å². The lowest BCUT2D eigenvalue weighted by molar-refractivity contribution is -0.192. The number of aliphatic carboxylic acids is 1. The van der Waals surface area contributed by atoms with E-state index < -0.39 is 12.1 Å². The van der Waals surface area contributed by atoms with Crippen molar-refractivity contribution >= 4 is 11.9 Å². The van der Waals surface area contributed by atoms with E-state index in [4.69, 9.17) is 15.6 Å². The zero-order chi connectivity index (χ0) is 12.8. The van der Waals surface area contributed by atoms with Crippen molar-refractivity contribution in [3.8, 4) is 0 Å². The summed E-state index contributed by atoms with van der Waals surface area (Å²) in [6.07, 6.45) is -5.08. The van der Waals surface area contributed by atoms with Crippen LogP contribution in [0, 0.1) is 0 Å². The molecule has 1 rings (SSSR count). The van der Waals surface area contributed by atoms with Crippen LogP contribution in [0.5, 0.6) is 0 Å². The van der Waals surface area contributed by atoms with E-state index in [9.17, 15) is 18.0 Å². The van der Waals surface area contributed by atoms with Crippen LogP contribution < -0.4 is 5.73 Å². The van der Waals surface area contributed by atoms with Gasteiger partial charge in [-0.1, -0.05) is 18.2 Å². The number of rotatable bonds is 1. The maximum Gasteiger partial charge on any atom is 0.490 e. The fraction of sp³-hybridized carbons (Fsp3) is 0.111. The Labute approximate surface area is 88.5 Å².